The van der Waals surface area contributed by atoms with Gasteiger partial charge < -0.3 is 9.67 Å². The van der Waals surface area contributed by atoms with Gasteiger partial charge in [-0.15, -0.1) is 0 Å². The minimum Gasteiger partial charge on any atom is -0.395 e. The van der Waals surface area contributed by atoms with Gasteiger partial charge in [0.2, 0.25) is 0 Å². The normalized spacial score (nSPS) is 11.6. The maximum atomic E-state index is 12.2. The van der Waals surface area contributed by atoms with E-state index in [9.17, 15) is 8.78 Å². The smallest absolute Gasteiger partial charge is 0.251 e. The lowest BCUT2D eigenvalue weighted by Crippen LogP contribution is -2.34. The Hall–Kier alpha value is -1.01. The van der Waals surface area contributed by atoms with Crippen molar-refractivity contribution in [1.29, 1.82) is 0 Å². The molecular weight excluding hydrogens is 216 g/mol. The number of hydrogen-bond acceptors (Lipinski definition) is 3. The van der Waals surface area contributed by atoms with Crippen LogP contribution in [0.4, 0.5) is 8.78 Å². The fourth-order valence-electron chi connectivity index (χ4n) is 1.52. The van der Waals surface area contributed by atoms with Gasteiger partial charge in [0.05, 0.1) is 13.2 Å². The van der Waals surface area contributed by atoms with E-state index in [1.54, 1.807) is 11.1 Å². The summed E-state index contributed by atoms with van der Waals surface area (Å²) in [5.41, 5.74) is 0. The molecule has 16 heavy (non-hydrogen) atoms. The second-order valence-corrected chi connectivity index (χ2v) is 3.58. The standard InChI is InChI=1S/C10H17F2N3O/c1-9-13-2-3-15(9)5-4-14(6-7-16)8-10(11)12/h2-3,10,16H,4-8H2,1H3. The van der Waals surface area contributed by atoms with Crippen molar-refractivity contribution in [2.24, 2.45) is 0 Å². The Bertz CT molecular complexity index is 304. The van der Waals surface area contributed by atoms with Crippen molar-refractivity contribution in [3.63, 3.8) is 0 Å². The lowest BCUT2D eigenvalue weighted by Gasteiger charge is -2.21. The van der Waals surface area contributed by atoms with E-state index < -0.39 is 6.43 Å². The van der Waals surface area contributed by atoms with E-state index in [-0.39, 0.29) is 19.7 Å². The monoisotopic (exact) mass is 233 g/mol. The van der Waals surface area contributed by atoms with Crippen LogP contribution in [0.15, 0.2) is 12.4 Å². The van der Waals surface area contributed by atoms with Crippen molar-refractivity contribution < 1.29 is 13.9 Å². The molecule has 0 aliphatic carbocycles. The van der Waals surface area contributed by atoms with Gasteiger partial charge in [-0.2, -0.15) is 0 Å². The summed E-state index contributed by atoms with van der Waals surface area (Å²) >= 11 is 0. The van der Waals surface area contributed by atoms with Crippen LogP contribution >= 0.6 is 0 Å². The van der Waals surface area contributed by atoms with Gasteiger partial charge in [0.1, 0.15) is 5.82 Å². The van der Waals surface area contributed by atoms with Gasteiger partial charge in [0, 0.05) is 32.0 Å². The molecule has 1 heterocycles. The molecule has 0 bridgehead atoms. The Kier molecular flexibility index (Phi) is 5.34. The zero-order valence-electron chi connectivity index (χ0n) is 9.31. The van der Waals surface area contributed by atoms with Crippen molar-refractivity contribution in [2.75, 3.05) is 26.2 Å². The van der Waals surface area contributed by atoms with E-state index >= 15 is 0 Å². The van der Waals surface area contributed by atoms with Gasteiger partial charge in [-0.3, -0.25) is 4.90 Å². The molecule has 1 rings (SSSR count). The van der Waals surface area contributed by atoms with Crippen LogP contribution in [0, 0.1) is 6.92 Å². The summed E-state index contributed by atoms with van der Waals surface area (Å²) in [5, 5.41) is 8.76. The van der Waals surface area contributed by atoms with Crippen molar-refractivity contribution in [1.82, 2.24) is 14.5 Å². The largest absolute Gasteiger partial charge is 0.395 e. The highest BCUT2D eigenvalue weighted by Crippen LogP contribution is 2.00. The van der Waals surface area contributed by atoms with Crippen LogP contribution < -0.4 is 0 Å². The third-order valence-corrected chi connectivity index (χ3v) is 2.39. The number of aliphatic hydroxyl groups excluding tert-OH is 1. The number of aryl methyl sites for hydroxylation is 1. The number of nitrogens with zero attached hydrogens (tertiary/aromatic N) is 3. The molecule has 4 nitrogen and oxygen atoms in total. The summed E-state index contributed by atoms with van der Waals surface area (Å²) in [6.07, 6.45) is 1.13. The molecule has 0 saturated carbocycles. The van der Waals surface area contributed by atoms with Crippen LogP contribution in [0.1, 0.15) is 5.82 Å². The molecule has 0 amide bonds. The second kappa shape index (κ2) is 6.55. The number of aliphatic hydroxyl groups is 1. The summed E-state index contributed by atoms with van der Waals surface area (Å²) in [6.45, 7) is 2.84. The molecule has 0 atom stereocenters. The predicted octanol–water partition coefficient (Wildman–Crippen LogP) is 0.751. The highest BCUT2D eigenvalue weighted by Gasteiger charge is 2.11. The third kappa shape index (κ3) is 4.24. The van der Waals surface area contributed by atoms with E-state index in [1.807, 2.05) is 17.7 Å². The molecule has 0 saturated heterocycles. The van der Waals surface area contributed by atoms with Crippen LogP contribution in [-0.2, 0) is 6.54 Å². The highest BCUT2D eigenvalue weighted by atomic mass is 19.3. The van der Waals surface area contributed by atoms with Crippen molar-refractivity contribution in [3.8, 4) is 0 Å². The predicted molar refractivity (Wildman–Crippen MR) is 56.5 cm³/mol. The van der Waals surface area contributed by atoms with E-state index in [1.165, 1.54) is 0 Å². The van der Waals surface area contributed by atoms with Crippen LogP contribution in [0.25, 0.3) is 0 Å². The molecule has 1 aromatic rings. The first-order valence-corrected chi connectivity index (χ1v) is 5.22. The maximum absolute atomic E-state index is 12.2. The molecule has 92 valence electrons. The van der Waals surface area contributed by atoms with E-state index in [0.29, 0.717) is 13.1 Å². The highest BCUT2D eigenvalue weighted by molar-refractivity contribution is 4.88. The number of alkyl halides is 2. The molecule has 6 heteroatoms. The second-order valence-electron chi connectivity index (χ2n) is 3.58. The lowest BCUT2D eigenvalue weighted by atomic mass is 10.4. The van der Waals surface area contributed by atoms with E-state index in [0.717, 1.165) is 5.82 Å². The lowest BCUT2D eigenvalue weighted by molar-refractivity contribution is 0.0765. The molecule has 1 N–H and O–H groups in total. The number of imidazole rings is 1. The Morgan fingerprint density at radius 1 is 1.50 bits per heavy atom. The fraction of sp³-hybridized carbons (Fsp3) is 0.700. The molecule has 0 aliphatic heterocycles. The molecule has 0 spiro atoms. The first-order chi connectivity index (χ1) is 7.63. The Morgan fingerprint density at radius 3 is 2.75 bits per heavy atom. The maximum Gasteiger partial charge on any atom is 0.251 e. The molecule has 0 aromatic carbocycles. The van der Waals surface area contributed by atoms with Crippen LogP contribution in [-0.4, -0.2) is 52.2 Å². The molecular formula is C10H17F2N3O. The Labute approximate surface area is 93.5 Å². The summed E-state index contributed by atoms with van der Waals surface area (Å²) < 4.78 is 26.3. The Morgan fingerprint density at radius 2 is 2.25 bits per heavy atom. The Balaban J connectivity index is 2.40. The number of halogens is 2. The average molecular weight is 233 g/mol. The number of aromatic nitrogens is 2. The number of hydrogen-bond donors (Lipinski definition) is 1. The summed E-state index contributed by atoms with van der Waals surface area (Å²) in [4.78, 5) is 5.59. The van der Waals surface area contributed by atoms with E-state index in [4.69, 9.17) is 5.11 Å². The van der Waals surface area contributed by atoms with Crippen molar-refractivity contribution in [3.05, 3.63) is 18.2 Å². The fourth-order valence-corrected chi connectivity index (χ4v) is 1.52. The minimum atomic E-state index is -2.37. The first-order valence-electron chi connectivity index (χ1n) is 5.22. The minimum absolute atomic E-state index is 0.102. The van der Waals surface area contributed by atoms with E-state index in [2.05, 4.69) is 4.98 Å². The van der Waals surface area contributed by atoms with Gasteiger partial charge in [0.15, 0.2) is 0 Å². The van der Waals surface area contributed by atoms with Gasteiger partial charge in [-0.25, -0.2) is 13.8 Å². The molecule has 0 unspecified atom stereocenters. The van der Waals surface area contributed by atoms with Crippen LogP contribution in [0.2, 0.25) is 0 Å². The van der Waals surface area contributed by atoms with Gasteiger partial charge in [-0.05, 0) is 6.92 Å². The first kappa shape index (κ1) is 13.1. The molecule has 0 radical (unpaired) electrons. The molecule has 1 aromatic heterocycles. The van der Waals surface area contributed by atoms with Gasteiger partial charge >= 0.3 is 0 Å². The molecule has 0 aliphatic rings. The van der Waals surface area contributed by atoms with Crippen LogP contribution in [0.3, 0.4) is 0 Å². The van der Waals surface area contributed by atoms with Gasteiger partial charge in [-0.1, -0.05) is 0 Å². The zero-order chi connectivity index (χ0) is 12.0. The topological polar surface area (TPSA) is 41.3 Å². The molecule has 0 fully saturated rings. The summed E-state index contributed by atoms with van der Waals surface area (Å²) in [7, 11) is 0. The van der Waals surface area contributed by atoms with Crippen molar-refractivity contribution >= 4 is 0 Å². The quantitative estimate of drug-likeness (QED) is 0.755. The third-order valence-electron chi connectivity index (χ3n) is 2.39. The van der Waals surface area contributed by atoms with Crippen LogP contribution in [0.5, 0.6) is 0 Å². The zero-order valence-corrected chi connectivity index (χ0v) is 9.31. The van der Waals surface area contributed by atoms with Crippen molar-refractivity contribution in [2.45, 2.75) is 19.9 Å². The van der Waals surface area contributed by atoms with Gasteiger partial charge in [0.25, 0.3) is 6.43 Å². The average Bonchev–Trinajstić information content (AvgIpc) is 2.60. The number of rotatable bonds is 7. The summed E-state index contributed by atoms with van der Waals surface area (Å²) in [6, 6.07) is 0. The SMILES string of the molecule is Cc1nccn1CCN(CCO)CC(F)F. The summed E-state index contributed by atoms with van der Waals surface area (Å²) in [5.74, 6) is 0.862.